The first-order valence-corrected chi connectivity index (χ1v) is 11.0. The van der Waals surface area contributed by atoms with Crippen LogP contribution in [0.3, 0.4) is 0 Å². The Bertz CT molecular complexity index is 1140. The number of fused-ring (bicyclic) bond motifs is 4. The molecule has 30 heavy (non-hydrogen) atoms. The van der Waals surface area contributed by atoms with Gasteiger partial charge in [0.05, 0.1) is 5.69 Å². The van der Waals surface area contributed by atoms with Crippen LogP contribution in [0.15, 0.2) is 41.5 Å². The Labute approximate surface area is 181 Å². The first-order chi connectivity index (χ1) is 14.5. The van der Waals surface area contributed by atoms with Crippen molar-refractivity contribution in [2.75, 3.05) is 13.1 Å². The number of likely N-dealkylation sites (tertiary alicyclic amines) is 1. The number of aromatic nitrogens is 4. The fraction of sp³-hybridized carbons (Fsp3) is 0.435. The lowest BCUT2D eigenvalue weighted by molar-refractivity contribution is 0.114. The SMILES string of the molecule is CCc1nn(C)c(Cl)c1CN1C[C@@H]2C[C@H](C1)c1cc(-c3cccnc3)cc(=O)n1C2. The van der Waals surface area contributed by atoms with Gasteiger partial charge in [0.1, 0.15) is 5.15 Å². The predicted octanol–water partition coefficient (Wildman–Crippen LogP) is 3.48. The number of aryl methyl sites for hydroxylation is 2. The third kappa shape index (κ3) is 3.38. The standard InChI is InChI=1S/C23H26ClN5O/c1-3-20-19(23(24)27(2)26-20)14-28-11-15-7-18(13-28)21-8-17(9-22(30)29(21)12-15)16-5-4-6-25-10-16/h4-6,8-10,15,18H,3,7,11-14H2,1-2H3/t15-,18+/m0/s1. The van der Waals surface area contributed by atoms with Crippen molar-refractivity contribution < 1.29 is 0 Å². The number of piperidine rings is 1. The van der Waals surface area contributed by atoms with E-state index in [0.29, 0.717) is 11.8 Å². The van der Waals surface area contributed by atoms with Gasteiger partial charge in [0.2, 0.25) is 0 Å². The molecule has 5 rings (SSSR count). The molecule has 2 aliphatic heterocycles. The molecule has 3 aromatic rings. The largest absolute Gasteiger partial charge is 0.312 e. The summed E-state index contributed by atoms with van der Waals surface area (Å²) in [6, 6.07) is 7.86. The second-order valence-electron chi connectivity index (χ2n) is 8.55. The highest BCUT2D eigenvalue weighted by atomic mass is 35.5. The van der Waals surface area contributed by atoms with Gasteiger partial charge < -0.3 is 4.57 Å². The number of halogens is 1. The summed E-state index contributed by atoms with van der Waals surface area (Å²) in [6.07, 6.45) is 5.59. The third-order valence-corrected chi connectivity index (χ3v) is 6.97. The minimum absolute atomic E-state index is 0.0954. The average Bonchev–Trinajstić information content (AvgIpc) is 3.02. The van der Waals surface area contributed by atoms with Crippen LogP contribution in [0.1, 0.15) is 36.2 Å². The van der Waals surface area contributed by atoms with Crippen molar-refractivity contribution >= 4 is 11.6 Å². The number of hydrogen-bond donors (Lipinski definition) is 0. The van der Waals surface area contributed by atoms with Gasteiger partial charge in [-0.3, -0.25) is 19.4 Å². The van der Waals surface area contributed by atoms with Gasteiger partial charge in [-0.05, 0) is 36.5 Å². The van der Waals surface area contributed by atoms with E-state index in [1.54, 1.807) is 16.9 Å². The molecular weight excluding hydrogens is 398 g/mol. The van der Waals surface area contributed by atoms with Crippen LogP contribution in [-0.2, 0) is 26.6 Å². The summed E-state index contributed by atoms with van der Waals surface area (Å²) in [5.74, 6) is 0.834. The smallest absolute Gasteiger partial charge is 0.251 e. The van der Waals surface area contributed by atoms with E-state index >= 15 is 0 Å². The van der Waals surface area contributed by atoms with Crippen LogP contribution in [0.4, 0.5) is 0 Å². The zero-order valence-electron chi connectivity index (χ0n) is 17.4. The van der Waals surface area contributed by atoms with Crippen LogP contribution < -0.4 is 5.56 Å². The molecule has 0 amide bonds. The van der Waals surface area contributed by atoms with E-state index in [1.807, 2.05) is 29.9 Å². The lowest BCUT2D eigenvalue weighted by Crippen LogP contribution is -2.46. The summed E-state index contributed by atoms with van der Waals surface area (Å²) >= 11 is 6.55. The lowest BCUT2D eigenvalue weighted by Gasteiger charge is -2.43. The Balaban J connectivity index is 1.46. The first-order valence-electron chi connectivity index (χ1n) is 10.6. The van der Waals surface area contributed by atoms with E-state index in [9.17, 15) is 4.79 Å². The van der Waals surface area contributed by atoms with Crippen molar-refractivity contribution in [1.29, 1.82) is 0 Å². The van der Waals surface area contributed by atoms with Crippen molar-refractivity contribution in [3.8, 4) is 11.1 Å². The van der Waals surface area contributed by atoms with Crippen LogP contribution in [-0.4, -0.2) is 37.3 Å². The van der Waals surface area contributed by atoms with Crippen molar-refractivity contribution in [2.24, 2.45) is 13.0 Å². The highest BCUT2D eigenvalue weighted by molar-refractivity contribution is 6.30. The third-order valence-electron chi connectivity index (χ3n) is 6.50. The van der Waals surface area contributed by atoms with E-state index < -0.39 is 0 Å². The van der Waals surface area contributed by atoms with Crippen molar-refractivity contribution in [3.63, 3.8) is 0 Å². The summed E-state index contributed by atoms with van der Waals surface area (Å²) in [5, 5.41) is 5.30. The number of nitrogens with zero attached hydrogens (tertiary/aromatic N) is 5. The zero-order chi connectivity index (χ0) is 20.8. The Morgan fingerprint density at radius 1 is 1.20 bits per heavy atom. The van der Waals surface area contributed by atoms with E-state index in [1.165, 1.54) is 0 Å². The van der Waals surface area contributed by atoms with Gasteiger partial charge in [-0.25, -0.2) is 0 Å². The van der Waals surface area contributed by atoms with E-state index in [0.717, 1.165) is 72.3 Å². The van der Waals surface area contributed by atoms with E-state index in [-0.39, 0.29) is 5.56 Å². The second kappa shape index (κ2) is 7.67. The summed E-state index contributed by atoms with van der Waals surface area (Å²) < 4.78 is 3.76. The summed E-state index contributed by atoms with van der Waals surface area (Å²) in [4.78, 5) is 19.6. The van der Waals surface area contributed by atoms with Gasteiger partial charge in [0, 0.05) is 74.4 Å². The molecular formula is C23H26ClN5O. The topological polar surface area (TPSA) is 56.0 Å². The van der Waals surface area contributed by atoms with Crippen molar-refractivity contribution in [1.82, 2.24) is 24.2 Å². The number of pyridine rings is 2. The van der Waals surface area contributed by atoms with Gasteiger partial charge >= 0.3 is 0 Å². The van der Waals surface area contributed by atoms with Crippen LogP contribution in [0, 0.1) is 5.92 Å². The maximum atomic E-state index is 12.9. The van der Waals surface area contributed by atoms with E-state index in [4.69, 9.17) is 11.6 Å². The molecule has 1 fully saturated rings. The molecule has 0 unspecified atom stereocenters. The molecule has 0 N–H and O–H groups in total. The molecule has 0 aliphatic carbocycles. The molecule has 7 heteroatoms. The highest BCUT2D eigenvalue weighted by Crippen LogP contribution is 2.37. The molecule has 156 valence electrons. The Morgan fingerprint density at radius 2 is 2.07 bits per heavy atom. The molecule has 2 atom stereocenters. The summed E-state index contributed by atoms with van der Waals surface area (Å²) in [6.45, 7) is 5.64. The van der Waals surface area contributed by atoms with Crippen LogP contribution >= 0.6 is 11.6 Å². The molecule has 1 saturated heterocycles. The Kier molecular flexibility index (Phi) is 4.99. The second-order valence-corrected chi connectivity index (χ2v) is 8.90. The molecule has 0 aromatic carbocycles. The molecule has 5 heterocycles. The molecule has 0 radical (unpaired) electrons. The Hall–Kier alpha value is -2.44. The van der Waals surface area contributed by atoms with Gasteiger partial charge in [0.15, 0.2) is 0 Å². The minimum Gasteiger partial charge on any atom is -0.312 e. The molecule has 2 bridgehead atoms. The van der Waals surface area contributed by atoms with Gasteiger partial charge in [-0.1, -0.05) is 24.6 Å². The quantitative estimate of drug-likeness (QED) is 0.644. The first kappa shape index (κ1) is 19.5. The van der Waals surface area contributed by atoms with Gasteiger partial charge in [0.25, 0.3) is 5.56 Å². The van der Waals surface area contributed by atoms with Crippen molar-refractivity contribution in [3.05, 3.63) is 69.1 Å². The molecule has 0 saturated carbocycles. The van der Waals surface area contributed by atoms with Crippen LogP contribution in [0.5, 0.6) is 0 Å². The summed E-state index contributed by atoms with van der Waals surface area (Å²) in [5.41, 5.74) is 5.41. The normalized spacial score (nSPS) is 20.9. The van der Waals surface area contributed by atoms with Crippen LogP contribution in [0.25, 0.3) is 11.1 Å². The maximum Gasteiger partial charge on any atom is 0.251 e. The van der Waals surface area contributed by atoms with Gasteiger partial charge in [-0.15, -0.1) is 0 Å². The van der Waals surface area contributed by atoms with E-state index in [2.05, 4.69) is 28.0 Å². The van der Waals surface area contributed by atoms with Crippen molar-refractivity contribution in [2.45, 2.75) is 38.8 Å². The zero-order valence-corrected chi connectivity index (χ0v) is 18.1. The number of hydrogen-bond acceptors (Lipinski definition) is 4. The molecule has 6 nitrogen and oxygen atoms in total. The van der Waals surface area contributed by atoms with Gasteiger partial charge in [-0.2, -0.15) is 5.10 Å². The lowest BCUT2D eigenvalue weighted by atomic mass is 9.82. The van der Waals surface area contributed by atoms with Crippen LogP contribution in [0.2, 0.25) is 5.15 Å². The average molecular weight is 424 g/mol. The fourth-order valence-corrected chi connectivity index (χ4v) is 5.36. The maximum absolute atomic E-state index is 12.9. The molecule has 2 aliphatic rings. The highest BCUT2D eigenvalue weighted by Gasteiger charge is 2.35. The molecule has 3 aromatic heterocycles. The predicted molar refractivity (Wildman–Crippen MR) is 118 cm³/mol. The fourth-order valence-electron chi connectivity index (χ4n) is 5.15. The monoisotopic (exact) mass is 423 g/mol. The number of rotatable bonds is 4. The Morgan fingerprint density at radius 3 is 2.83 bits per heavy atom. The molecule has 0 spiro atoms. The minimum atomic E-state index is 0.0954. The summed E-state index contributed by atoms with van der Waals surface area (Å²) in [7, 11) is 1.90.